The summed E-state index contributed by atoms with van der Waals surface area (Å²) in [6, 6.07) is 3.62. The van der Waals surface area contributed by atoms with Crippen LogP contribution in [0.3, 0.4) is 0 Å². The first-order chi connectivity index (χ1) is 12.5. The number of esters is 1. The lowest BCUT2D eigenvalue weighted by Crippen LogP contribution is -2.21. The van der Waals surface area contributed by atoms with Gasteiger partial charge in [-0.05, 0) is 43.0 Å². The Morgan fingerprint density at radius 1 is 1.11 bits per heavy atom. The zero-order chi connectivity index (χ0) is 20.4. The van der Waals surface area contributed by atoms with Gasteiger partial charge in [-0.3, -0.25) is 0 Å². The van der Waals surface area contributed by atoms with Crippen molar-refractivity contribution in [3.05, 3.63) is 52.7 Å². The molecule has 2 rings (SSSR count). The summed E-state index contributed by atoms with van der Waals surface area (Å²) in [4.78, 5) is 15.7. The van der Waals surface area contributed by atoms with Gasteiger partial charge in [0.1, 0.15) is 11.6 Å². The molecule has 0 N–H and O–H groups in total. The molecule has 1 aromatic carbocycles. The van der Waals surface area contributed by atoms with Gasteiger partial charge < -0.3 is 4.74 Å². The fourth-order valence-electron chi connectivity index (χ4n) is 2.68. The highest BCUT2D eigenvalue weighted by Crippen LogP contribution is 2.36. The molecule has 0 saturated carbocycles. The highest BCUT2D eigenvalue weighted by Gasteiger charge is 2.40. The zero-order valence-electron chi connectivity index (χ0n) is 15.0. The number of hydrogen-bond donors (Lipinski definition) is 0. The minimum absolute atomic E-state index is 0.0606. The van der Waals surface area contributed by atoms with Gasteiger partial charge in [-0.15, -0.1) is 0 Å². The number of benzene rings is 1. The fraction of sp³-hybridized carbons (Fsp3) is 0.368. The molecule has 3 nitrogen and oxygen atoms in total. The second-order valence-electron chi connectivity index (χ2n) is 6.36. The standard InChI is InChI=1S/C19H18F5NO2/c1-4-27-18(26)16-12(5-10(2)3)8-15(25-17(16)19(22,23)24)11-6-13(20)9-14(21)7-11/h6-10H,4-5H2,1-3H3. The minimum atomic E-state index is -4.95. The van der Waals surface area contributed by atoms with Gasteiger partial charge in [0.05, 0.1) is 17.9 Å². The van der Waals surface area contributed by atoms with Crippen molar-refractivity contribution in [2.45, 2.75) is 33.4 Å². The molecule has 0 amide bonds. The third kappa shape index (κ3) is 5.02. The van der Waals surface area contributed by atoms with Crippen LogP contribution in [0.15, 0.2) is 24.3 Å². The van der Waals surface area contributed by atoms with E-state index in [0.29, 0.717) is 6.07 Å². The Bertz CT molecular complexity index is 826. The van der Waals surface area contributed by atoms with Gasteiger partial charge in [0, 0.05) is 11.6 Å². The van der Waals surface area contributed by atoms with Crippen LogP contribution >= 0.6 is 0 Å². The highest BCUT2D eigenvalue weighted by atomic mass is 19.4. The SMILES string of the molecule is CCOC(=O)c1c(CC(C)C)cc(-c2cc(F)cc(F)c2)nc1C(F)(F)F. The number of aromatic nitrogens is 1. The quantitative estimate of drug-likeness (QED) is 0.508. The smallest absolute Gasteiger partial charge is 0.434 e. The van der Waals surface area contributed by atoms with Gasteiger partial charge in [0.2, 0.25) is 0 Å². The Kier molecular flexibility index (Phi) is 6.18. The molecule has 0 aliphatic heterocycles. The molecule has 0 aliphatic carbocycles. The lowest BCUT2D eigenvalue weighted by atomic mass is 9.94. The number of carbonyl (C=O) groups excluding carboxylic acids is 1. The maximum absolute atomic E-state index is 13.6. The van der Waals surface area contributed by atoms with Crippen molar-refractivity contribution in [2.75, 3.05) is 6.61 Å². The predicted molar refractivity (Wildman–Crippen MR) is 89.1 cm³/mol. The summed E-state index contributed by atoms with van der Waals surface area (Å²) in [6.07, 6.45) is -4.82. The highest BCUT2D eigenvalue weighted by molar-refractivity contribution is 5.93. The van der Waals surface area contributed by atoms with E-state index in [1.54, 1.807) is 13.8 Å². The number of rotatable bonds is 5. The van der Waals surface area contributed by atoms with Gasteiger partial charge in [-0.1, -0.05) is 13.8 Å². The van der Waals surface area contributed by atoms with Crippen LogP contribution in [-0.2, 0) is 17.3 Å². The summed E-state index contributed by atoms with van der Waals surface area (Å²) in [5.74, 6) is -3.11. The predicted octanol–water partition coefficient (Wildman–Crippen LogP) is 5.42. The van der Waals surface area contributed by atoms with Gasteiger partial charge in [-0.2, -0.15) is 13.2 Å². The fourth-order valence-corrected chi connectivity index (χ4v) is 2.68. The average Bonchev–Trinajstić information content (AvgIpc) is 2.51. The van der Waals surface area contributed by atoms with Crippen molar-refractivity contribution in [1.82, 2.24) is 4.98 Å². The van der Waals surface area contributed by atoms with Gasteiger partial charge in [-0.25, -0.2) is 18.6 Å². The van der Waals surface area contributed by atoms with Crippen LogP contribution in [0.5, 0.6) is 0 Å². The number of alkyl halides is 3. The molecule has 0 saturated heterocycles. The molecule has 8 heteroatoms. The first kappa shape index (κ1) is 20.8. The third-order valence-electron chi connectivity index (χ3n) is 3.64. The Labute approximate surface area is 153 Å². The first-order valence-corrected chi connectivity index (χ1v) is 8.27. The molecule has 146 valence electrons. The largest absolute Gasteiger partial charge is 0.462 e. The van der Waals surface area contributed by atoms with E-state index in [2.05, 4.69) is 4.98 Å². The molecule has 0 aliphatic rings. The number of carbonyl (C=O) groups is 1. The maximum atomic E-state index is 13.6. The van der Waals surface area contributed by atoms with E-state index in [-0.39, 0.29) is 35.8 Å². The molecule has 2 aromatic rings. The van der Waals surface area contributed by atoms with E-state index >= 15 is 0 Å². The van der Waals surface area contributed by atoms with Crippen molar-refractivity contribution in [3.8, 4) is 11.3 Å². The van der Waals surface area contributed by atoms with Crippen LogP contribution < -0.4 is 0 Å². The van der Waals surface area contributed by atoms with Crippen molar-refractivity contribution in [2.24, 2.45) is 5.92 Å². The van der Waals surface area contributed by atoms with Crippen LogP contribution in [0.1, 0.15) is 42.4 Å². The van der Waals surface area contributed by atoms with Crippen molar-refractivity contribution in [1.29, 1.82) is 0 Å². The number of hydrogen-bond acceptors (Lipinski definition) is 3. The van der Waals surface area contributed by atoms with Crippen LogP contribution in [0.4, 0.5) is 22.0 Å². The van der Waals surface area contributed by atoms with Gasteiger partial charge in [0.15, 0.2) is 5.69 Å². The molecule has 0 bridgehead atoms. The second kappa shape index (κ2) is 8.02. The number of halogens is 5. The third-order valence-corrected chi connectivity index (χ3v) is 3.64. The van der Waals surface area contributed by atoms with E-state index in [1.807, 2.05) is 0 Å². The van der Waals surface area contributed by atoms with Crippen molar-refractivity contribution >= 4 is 5.97 Å². The molecule has 0 atom stereocenters. The second-order valence-corrected chi connectivity index (χ2v) is 6.36. The molecule has 1 aromatic heterocycles. The van der Waals surface area contributed by atoms with Crippen molar-refractivity contribution in [3.63, 3.8) is 0 Å². The summed E-state index contributed by atoms with van der Waals surface area (Å²) >= 11 is 0. The molecule has 0 unspecified atom stereocenters. The van der Waals surface area contributed by atoms with Gasteiger partial charge in [0.25, 0.3) is 0 Å². The summed E-state index contributed by atoms with van der Waals surface area (Å²) < 4.78 is 72.6. The first-order valence-electron chi connectivity index (χ1n) is 8.27. The van der Waals surface area contributed by atoms with Crippen LogP contribution in [0, 0.1) is 17.6 Å². The molecule has 0 fully saturated rings. The maximum Gasteiger partial charge on any atom is 0.434 e. The lowest BCUT2D eigenvalue weighted by Gasteiger charge is -2.18. The normalized spacial score (nSPS) is 11.7. The Balaban J connectivity index is 2.79. The van der Waals surface area contributed by atoms with Crippen LogP contribution in [0.2, 0.25) is 0 Å². The summed E-state index contributed by atoms with van der Waals surface area (Å²) in [5, 5.41) is 0. The van der Waals surface area contributed by atoms with E-state index in [9.17, 15) is 26.7 Å². The Morgan fingerprint density at radius 3 is 2.19 bits per heavy atom. The number of pyridine rings is 1. The van der Waals surface area contributed by atoms with Crippen molar-refractivity contribution < 1.29 is 31.5 Å². The monoisotopic (exact) mass is 387 g/mol. The summed E-state index contributed by atoms with van der Waals surface area (Å²) in [6.45, 7) is 4.91. The Morgan fingerprint density at radius 2 is 1.70 bits per heavy atom. The topological polar surface area (TPSA) is 39.2 Å². The summed E-state index contributed by atoms with van der Waals surface area (Å²) in [7, 11) is 0. The minimum Gasteiger partial charge on any atom is -0.462 e. The van der Waals surface area contributed by atoms with E-state index in [4.69, 9.17) is 4.74 Å². The molecule has 27 heavy (non-hydrogen) atoms. The number of nitrogens with zero attached hydrogens (tertiary/aromatic N) is 1. The molecular weight excluding hydrogens is 369 g/mol. The van der Waals surface area contributed by atoms with Crippen LogP contribution in [0.25, 0.3) is 11.3 Å². The summed E-state index contributed by atoms with van der Waals surface area (Å²) in [5.41, 5.74) is -2.47. The van der Waals surface area contributed by atoms with E-state index in [1.165, 1.54) is 13.0 Å². The van der Waals surface area contributed by atoms with E-state index < -0.39 is 35.0 Å². The van der Waals surface area contributed by atoms with Gasteiger partial charge >= 0.3 is 12.1 Å². The molecular formula is C19H18F5NO2. The van der Waals surface area contributed by atoms with Crippen LogP contribution in [-0.4, -0.2) is 17.6 Å². The molecule has 0 radical (unpaired) electrons. The molecule has 0 spiro atoms. The molecule has 1 heterocycles. The average molecular weight is 387 g/mol. The lowest BCUT2D eigenvalue weighted by molar-refractivity contribution is -0.141. The zero-order valence-corrected chi connectivity index (χ0v) is 15.0. The van der Waals surface area contributed by atoms with E-state index in [0.717, 1.165) is 12.1 Å². The Hall–Kier alpha value is -2.51. The number of ether oxygens (including phenoxy) is 1.